The van der Waals surface area contributed by atoms with Gasteiger partial charge in [-0.15, -0.1) is 0 Å². The van der Waals surface area contributed by atoms with Gasteiger partial charge >= 0.3 is 0 Å². The van der Waals surface area contributed by atoms with Crippen molar-refractivity contribution < 1.29 is 13.2 Å². The number of hydrogen-bond acceptors (Lipinski definition) is 4. The summed E-state index contributed by atoms with van der Waals surface area (Å²) >= 11 is 0. The molecule has 0 bridgehead atoms. The Hall–Kier alpha value is -1.40. The summed E-state index contributed by atoms with van der Waals surface area (Å²) < 4.78 is 23.7. The number of rotatable bonds is 3. The first-order valence-electron chi connectivity index (χ1n) is 7.59. The molecule has 1 amide bonds. The minimum Gasteiger partial charge on any atom is -0.334 e. The summed E-state index contributed by atoms with van der Waals surface area (Å²) in [5.41, 5.74) is 7.08. The Labute approximate surface area is 132 Å². The zero-order valence-corrected chi connectivity index (χ0v) is 14.2. The molecular weight excluding hydrogens is 300 g/mol. The number of piperidine rings is 1. The van der Waals surface area contributed by atoms with Gasteiger partial charge in [-0.3, -0.25) is 4.79 Å². The van der Waals surface area contributed by atoms with Crippen molar-refractivity contribution in [3.05, 3.63) is 29.3 Å². The van der Waals surface area contributed by atoms with Crippen LogP contribution in [0.25, 0.3) is 0 Å². The smallest absolute Gasteiger partial charge is 0.254 e. The highest BCUT2D eigenvalue weighted by Crippen LogP contribution is 2.23. The van der Waals surface area contributed by atoms with Crippen LogP contribution >= 0.6 is 0 Å². The summed E-state index contributed by atoms with van der Waals surface area (Å²) in [5, 5.41) is 0. The molecule has 2 N–H and O–H groups in total. The van der Waals surface area contributed by atoms with Gasteiger partial charge in [-0.2, -0.15) is 0 Å². The molecule has 2 rings (SSSR count). The zero-order valence-electron chi connectivity index (χ0n) is 13.4. The van der Waals surface area contributed by atoms with E-state index in [0.29, 0.717) is 17.7 Å². The number of aryl methyl sites for hydroxylation is 1. The van der Waals surface area contributed by atoms with Gasteiger partial charge in [0, 0.05) is 30.4 Å². The van der Waals surface area contributed by atoms with E-state index in [2.05, 4.69) is 0 Å². The molecular formula is C16H24N2O3S. The van der Waals surface area contributed by atoms with Crippen molar-refractivity contribution in [1.29, 1.82) is 0 Å². The summed E-state index contributed by atoms with van der Waals surface area (Å²) in [4.78, 5) is 14.8. The van der Waals surface area contributed by atoms with Crippen LogP contribution in [0.1, 0.15) is 42.1 Å². The van der Waals surface area contributed by atoms with Crippen LogP contribution < -0.4 is 5.73 Å². The van der Waals surface area contributed by atoms with Crippen molar-refractivity contribution >= 4 is 15.7 Å². The Morgan fingerprint density at radius 2 is 2.05 bits per heavy atom. The van der Waals surface area contributed by atoms with Crippen LogP contribution in [0.4, 0.5) is 0 Å². The summed E-state index contributed by atoms with van der Waals surface area (Å²) in [5.74, 6) is -0.132. The molecule has 0 saturated carbocycles. The maximum Gasteiger partial charge on any atom is 0.254 e. The standard InChI is InChI=1S/C16H24N2O3S/c1-11-7-8-13(10-15(11)22(3,20)21)16(19)18-9-5-4-6-14(18)12(2)17/h7-8,10,12,14H,4-6,9,17H2,1-3H3/t12-,14-/m1/s1. The molecule has 22 heavy (non-hydrogen) atoms. The van der Waals surface area contributed by atoms with E-state index in [1.807, 2.05) is 6.92 Å². The molecule has 122 valence electrons. The number of likely N-dealkylation sites (tertiary alicyclic amines) is 1. The summed E-state index contributed by atoms with van der Waals surface area (Å²) in [6.07, 6.45) is 4.08. The first-order valence-corrected chi connectivity index (χ1v) is 9.48. The second-order valence-electron chi connectivity index (χ2n) is 6.17. The first kappa shape index (κ1) is 17.0. The Balaban J connectivity index is 2.37. The van der Waals surface area contributed by atoms with Crippen LogP contribution in [0, 0.1) is 6.92 Å². The number of sulfone groups is 1. The minimum atomic E-state index is -3.35. The number of nitrogens with two attached hydrogens (primary N) is 1. The number of carbonyl (C=O) groups excluding carboxylic acids is 1. The van der Waals surface area contributed by atoms with Gasteiger partial charge in [-0.05, 0) is 50.8 Å². The lowest BCUT2D eigenvalue weighted by atomic mass is 9.96. The van der Waals surface area contributed by atoms with E-state index < -0.39 is 9.84 Å². The Morgan fingerprint density at radius 1 is 1.36 bits per heavy atom. The van der Waals surface area contributed by atoms with Gasteiger partial charge in [0.25, 0.3) is 5.91 Å². The van der Waals surface area contributed by atoms with E-state index in [0.717, 1.165) is 25.5 Å². The van der Waals surface area contributed by atoms with E-state index in [9.17, 15) is 13.2 Å². The molecule has 1 fully saturated rings. The highest BCUT2D eigenvalue weighted by atomic mass is 32.2. The quantitative estimate of drug-likeness (QED) is 0.918. The molecule has 1 aromatic carbocycles. The maximum atomic E-state index is 12.8. The van der Waals surface area contributed by atoms with Crippen LogP contribution in [-0.2, 0) is 9.84 Å². The number of amides is 1. The molecule has 0 radical (unpaired) electrons. The molecule has 5 nitrogen and oxygen atoms in total. The lowest BCUT2D eigenvalue weighted by Gasteiger charge is -2.38. The molecule has 0 spiro atoms. The minimum absolute atomic E-state index is 0.0178. The third-order valence-corrected chi connectivity index (χ3v) is 5.49. The molecule has 0 aliphatic carbocycles. The van der Waals surface area contributed by atoms with Gasteiger partial charge < -0.3 is 10.6 Å². The van der Waals surface area contributed by atoms with E-state index in [1.54, 1.807) is 24.0 Å². The average Bonchev–Trinajstić information content (AvgIpc) is 2.45. The van der Waals surface area contributed by atoms with Crippen molar-refractivity contribution in [1.82, 2.24) is 4.90 Å². The SMILES string of the molecule is Cc1ccc(C(=O)N2CCCC[C@@H]2[C@@H](C)N)cc1S(C)(=O)=O. The van der Waals surface area contributed by atoms with Crippen molar-refractivity contribution in [3.63, 3.8) is 0 Å². The molecule has 2 atom stereocenters. The van der Waals surface area contributed by atoms with Crippen LogP contribution in [0.3, 0.4) is 0 Å². The fourth-order valence-corrected chi connectivity index (χ4v) is 4.05. The Kier molecular flexibility index (Phi) is 4.92. The largest absolute Gasteiger partial charge is 0.334 e. The number of benzene rings is 1. The highest BCUT2D eigenvalue weighted by Gasteiger charge is 2.30. The van der Waals surface area contributed by atoms with Crippen LogP contribution in [0.15, 0.2) is 23.1 Å². The third kappa shape index (κ3) is 3.50. The van der Waals surface area contributed by atoms with Crippen LogP contribution in [-0.4, -0.2) is 44.1 Å². The normalized spacial score (nSPS) is 20.7. The summed E-state index contributed by atoms with van der Waals surface area (Å²) in [6, 6.07) is 4.79. The second-order valence-corrected chi connectivity index (χ2v) is 8.16. The van der Waals surface area contributed by atoms with Crippen molar-refractivity contribution in [2.75, 3.05) is 12.8 Å². The maximum absolute atomic E-state index is 12.8. The summed E-state index contributed by atoms with van der Waals surface area (Å²) in [6.45, 7) is 4.32. The molecule has 0 aromatic heterocycles. The molecule has 1 aliphatic heterocycles. The van der Waals surface area contributed by atoms with E-state index in [1.165, 1.54) is 6.07 Å². The van der Waals surface area contributed by atoms with Gasteiger partial charge in [-0.25, -0.2) is 8.42 Å². The molecule has 1 heterocycles. The van der Waals surface area contributed by atoms with Crippen molar-refractivity contribution in [2.24, 2.45) is 5.73 Å². The number of carbonyl (C=O) groups is 1. The van der Waals surface area contributed by atoms with Crippen LogP contribution in [0.5, 0.6) is 0 Å². The van der Waals surface area contributed by atoms with Gasteiger partial charge in [0.05, 0.1) is 4.90 Å². The van der Waals surface area contributed by atoms with E-state index in [-0.39, 0.29) is 22.9 Å². The van der Waals surface area contributed by atoms with Gasteiger partial charge in [0.2, 0.25) is 0 Å². The van der Waals surface area contributed by atoms with Crippen LogP contribution in [0.2, 0.25) is 0 Å². The lowest BCUT2D eigenvalue weighted by molar-refractivity contribution is 0.0583. The van der Waals surface area contributed by atoms with Gasteiger partial charge in [0.1, 0.15) is 0 Å². The summed E-state index contributed by atoms with van der Waals surface area (Å²) in [7, 11) is -3.35. The fourth-order valence-electron chi connectivity index (χ4n) is 3.05. The molecule has 1 aliphatic rings. The lowest BCUT2D eigenvalue weighted by Crippen LogP contribution is -2.51. The van der Waals surface area contributed by atoms with Crippen molar-refractivity contribution in [2.45, 2.75) is 50.1 Å². The Morgan fingerprint density at radius 3 is 2.64 bits per heavy atom. The molecule has 6 heteroatoms. The predicted molar refractivity (Wildman–Crippen MR) is 86.6 cm³/mol. The third-order valence-electron chi connectivity index (χ3n) is 4.25. The second kappa shape index (κ2) is 6.38. The molecule has 1 aromatic rings. The van der Waals surface area contributed by atoms with Gasteiger partial charge in [0.15, 0.2) is 9.84 Å². The van der Waals surface area contributed by atoms with E-state index in [4.69, 9.17) is 5.73 Å². The van der Waals surface area contributed by atoms with E-state index >= 15 is 0 Å². The van der Waals surface area contributed by atoms with Gasteiger partial charge in [-0.1, -0.05) is 6.07 Å². The zero-order chi connectivity index (χ0) is 16.5. The molecule has 1 saturated heterocycles. The fraction of sp³-hybridized carbons (Fsp3) is 0.562. The monoisotopic (exact) mass is 324 g/mol. The average molecular weight is 324 g/mol. The predicted octanol–water partition coefficient (Wildman–Crippen LogP) is 1.74. The molecule has 0 unspecified atom stereocenters. The van der Waals surface area contributed by atoms with Crippen molar-refractivity contribution in [3.8, 4) is 0 Å². The number of nitrogens with zero attached hydrogens (tertiary/aromatic N) is 1. The Bertz CT molecular complexity index is 668. The highest BCUT2D eigenvalue weighted by molar-refractivity contribution is 7.90. The number of hydrogen-bond donors (Lipinski definition) is 1. The topological polar surface area (TPSA) is 80.5 Å². The first-order chi connectivity index (χ1) is 10.2.